The van der Waals surface area contributed by atoms with Gasteiger partial charge in [-0.05, 0) is 13.3 Å². The van der Waals surface area contributed by atoms with Gasteiger partial charge in [-0.2, -0.15) is 0 Å². The zero-order chi connectivity index (χ0) is 10.9. The molecule has 5 heteroatoms. The summed E-state index contributed by atoms with van der Waals surface area (Å²) < 4.78 is 10.5. The van der Waals surface area contributed by atoms with Crippen molar-refractivity contribution in [2.75, 3.05) is 39.5 Å². The first-order valence-electron chi connectivity index (χ1n) is 5.52. The molecule has 88 valence electrons. The van der Waals surface area contributed by atoms with E-state index in [4.69, 9.17) is 9.47 Å². The lowest BCUT2D eigenvalue weighted by molar-refractivity contribution is -0.134. The van der Waals surface area contributed by atoms with Gasteiger partial charge in [0.15, 0.2) is 0 Å². The van der Waals surface area contributed by atoms with Crippen molar-refractivity contribution in [1.82, 2.24) is 10.6 Å². The van der Waals surface area contributed by atoms with E-state index >= 15 is 0 Å². The summed E-state index contributed by atoms with van der Waals surface area (Å²) in [7, 11) is 0. The van der Waals surface area contributed by atoms with Crippen LogP contribution in [0.25, 0.3) is 0 Å². The SMILES string of the molecule is CCOCCCNC(=O)C1CNCCO1. The lowest BCUT2D eigenvalue weighted by atomic mass is 10.3. The highest BCUT2D eigenvalue weighted by Crippen LogP contribution is 1.95. The van der Waals surface area contributed by atoms with E-state index in [0.717, 1.165) is 19.6 Å². The number of carbonyl (C=O) groups is 1. The van der Waals surface area contributed by atoms with Crippen LogP contribution in [0.1, 0.15) is 13.3 Å². The van der Waals surface area contributed by atoms with E-state index in [-0.39, 0.29) is 12.0 Å². The van der Waals surface area contributed by atoms with Crippen LogP contribution >= 0.6 is 0 Å². The van der Waals surface area contributed by atoms with Crippen LogP contribution in [-0.2, 0) is 14.3 Å². The van der Waals surface area contributed by atoms with Crippen molar-refractivity contribution in [2.24, 2.45) is 0 Å². The summed E-state index contributed by atoms with van der Waals surface area (Å²) in [5.41, 5.74) is 0. The number of ether oxygens (including phenoxy) is 2. The third kappa shape index (κ3) is 5.11. The molecule has 0 spiro atoms. The van der Waals surface area contributed by atoms with Gasteiger partial charge in [-0.15, -0.1) is 0 Å². The van der Waals surface area contributed by atoms with Crippen molar-refractivity contribution < 1.29 is 14.3 Å². The highest BCUT2D eigenvalue weighted by atomic mass is 16.5. The summed E-state index contributed by atoms with van der Waals surface area (Å²) in [5, 5.41) is 5.94. The normalized spacial score (nSPS) is 21.3. The van der Waals surface area contributed by atoms with Crippen LogP contribution in [0.3, 0.4) is 0 Å². The van der Waals surface area contributed by atoms with Gasteiger partial charge < -0.3 is 20.1 Å². The Bertz CT molecular complexity index is 182. The summed E-state index contributed by atoms with van der Waals surface area (Å²) in [6, 6.07) is 0. The topological polar surface area (TPSA) is 59.6 Å². The maximum Gasteiger partial charge on any atom is 0.250 e. The molecule has 0 aliphatic carbocycles. The Morgan fingerprint density at radius 2 is 2.53 bits per heavy atom. The van der Waals surface area contributed by atoms with E-state index in [1.165, 1.54) is 0 Å². The Kier molecular flexibility index (Phi) is 6.31. The second-order valence-electron chi connectivity index (χ2n) is 3.41. The molecule has 1 amide bonds. The van der Waals surface area contributed by atoms with Gasteiger partial charge in [0.05, 0.1) is 6.61 Å². The number of nitrogens with one attached hydrogen (secondary N) is 2. The molecule has 1 fully saturated rings. The molecule has 1 aliphatic rings. The monoisotopic (exact) mass is 216 g/mol. The minimum Gasteiger partial charge on any atom is -0.382 e. The number of carbonyl (C=O) groups excluding carboxylic acids is 1. The molecule has 5 nitrogen and oxygen atoms in total. The second-order valence-corrected chi connectivity index (χ2v) is 3.41. The molecule has 1 saturated heterocycles. The van der Waals surface area contributed by atoms with Crippen LogP contribution in [0, 0.1) is 0 Å². The summed E-state index contributed by atoms with van der Waals surface area (Å²) in [5.74, 6) is -0.0290. The molecule has 0 saturated carbocycles. The van der Waals surface area contributed by atoms with Gasteiger partial charge in [0.1, 0.15) is 6.10 Å². The molecule has 1 unspecified atom stereocenters. The van der Waals surface area contributed by atoms with Gasteiger partial charge >= 0.3 is 0 Å². The number of amides is 1. The highest BCUT2D eigenvalue weighted by Gasteiger charge is 2.20. The van der Waals surface area contributed by atoms with E-state index in [9.17, 15) is 4.79 Å². The molecule has 0 radical (unpaired) electrons. The Balaban J connectivity index is 2.02. The fraction of sp³-hybridized carbons (Fsp3) is 0.900. The van der Waals surface area contributed by atoms with Gasteiger partial charge in [-0.25, -0.2) is 0 Å². The van der Waals surface area contributed by atoms with Crippen molar-refractivity contribution in [2.45, 2.75) is 19.4 Å². The lowest BCUT2D eigenvalue weighted by Crippen LogP contribution is -2.48. The van der Waals surface area contributed by atoms with E-state index < -0.39 is 0 Å². The smallest absolute Gasteiger partial charge is 0.250 e. The molecule has 0 aromatic heterocycles. The number of rotatable bonds is 6. The largest absolute Gasteiger partial charge is 0.382 e. The molecule has 2 N–H and O–H groups in total. The zero-order valence-electron chi connectivity index (χ0n) is 9.25. The van der Waals surface area contributed by atoms with Crippen LogP contribution < -0.4 is 10.6 Å². The van der Waals surface area contributed by atoms with Crippen molar-refractivity contribution in [3.63, 3.8) is 0 Å². The molecule has 1 atom stereocenters. The molecule has 1 aliphatic heterocycles. The average molecular weight is 216 g/mol. The predicted molar refractivity (Wildman–Crippen MR) is 56.7 cm³/mol. The summed E-state index contributed by atoms with van der Waals surface area (Å²) >= 11 is 0. The highest BCUT2D eigenvalue weighted by molar-refractivity contribution is 5.81. The van der Waals surface area contributed by atoms with E-state index in [1.54, 1.807) is 0 Å². The van der Waals surface area contributed by atoms with E-state index in [1.807, 2.05) is 6.92 Å². The van der Waals surface area contributed by atoms with Crippen molar-refractivity contribution in [3.8, 4) is 0 Å². The molecule has 15 heavy (non-hydrogen) atoms. The van der Waals surface area contributed by atoms with Gasteiger partial charge in [-0.1, -0.05) is 0 Å². The van der Waals surface area contributed by atoms with Crippen LogP contribution in [-0.4, -0.2) is 51.5 Å². The fourth-order valence-electron chi connectivity index (χ4n) is 1.38. The third-order valence-corrected chi connectivity index (χ3v) is 2.19. The molecular weight excluding hydrogens is 196 g/mol. The minimum absolute atomic E-state index is 0.0290. The summed E-state index contributed by atoms with van der Waals surface area (Å²) in [6.07, 6.45) is 0.519. The van der Waals surface area contributed by atoms with Crippen molar-refractivity contribution in [3.05, 3.63) is 0 Å². The first-order chi connectivity index (χ1) is 7.34. The quantitative estimate of drug-likeness (QED) is 0.589. The number of morpholine rings is 1. The fourth-order valence-corrected chi connectivity index (χ4v) is 1.38. The van der Waals surface area contributed by atoms with Crippen molar-refractivity contribution in [1.29, 1.82) is 0 Å². The van der Waals surface area contributed by atoms with Gasteiger partial charge in [-0.3, -0.25) is 4.79 Å². The Morgan fingerprint density at radius 3 is 3.20 bits per heavy atom. The standard InChI is InChI=1S/C10H20N2O3/c1-2-14-6-3-4-12-10(13)9-8-11-5-7-15-9/h9,11H,2-8H2,1H3,(H,12,13). The average Bonchev–Trinajstić information content (AvgIpc) is 2.30. The second kappa shape index (κ2) is 7.62. The zero-order valence-corrected chi connectivity index (χ0v) is 9.25. The summed E-state index contributed by atoms with van der Waals surface area (Å²) in [6.45, 7) is 6.07. The minimum atomic E-state index is -0.328. The predicted octanol–water partition coefficient (Wildman–Crippen LogP) is -0.482. The van der Waals surface area contributed by atoms with Crippen LogP contribution in [0.5, 0.6) is 0 Å². The molecule has 0 bridgehead atoms. The van der Waals surface area contributed by atoms with E-state index in [0.29, 0.717) is 26.3 Å². The van der Waals surface area contributed by atoms with Crippen LogP contribution in [0.2, 0.25) is 0 Å². The molecule has 1 heterocycles. The maximum atomic E-state index is 11.5. The molecule has 0 aromatic rings. The number of hydrogen-bond acceptors (Lipinski definition) is 4. The Labute approximate surface area is 90.5 Å². The van der Waals surface area contributed by atoms with Crippen molar-refractivity contribution >= 4 is 5.91 Å². The third-order valence-electron chi connectivity index (χ3n) is 2.19. The Hall–Kier alpha value is -0.650. The summed E-state index contributed by atoms with van der Waals surface area (Å²) in [4.78, 5) is 11.5. The lowest BCUT2D eigenvalue weighted by Gasteiger charge is -2.22. The Morgan fingerprint density at radius 1 is 1.67 bits per heavy atom. The first kappa shape index (κ1) is 12.4. The first-order valence-corrected chi connectivity index (χ1v) is 5.52. The van der Waals surface area contributed by atoms with Crippen LogP contribution in [0.15, 0.2) is 0 Å². The molecule has 0 aromatic carbocycles. The number of hydrogen-bond donors (Lipinski definition) is 2. The molecular formula is C10H20N2O3. The maximum absolute atomic E-state index is 11.5. The van der Waals surface area contributed by atoms with Gasteiger partial charge in [0.2, 0.25) is 5.91 Å². The molecule has 1 rings (SSSR count). The van der Waals surface area contributed by atoms with Gasteiger partial charge in [0, 0.05) is 32.8 Å². The van der Waals surface area contributed by atoms with Crippen LogP contribution in [0.4, 0.5) is 0 Å². The van der Waals surface area contributed by atoms with Gasteiger partial charge in [0.25, 0.3) is 0 Å². The van der Waals surface area contributed by atoms with E-state index in [2.05, 4.69) is 10.6 Å².